The van der Waals surface area contributed by atoms with Crippen molar-refractivity contribution in [2.45, 2.75) is 11.1 Å². The van der Waals surface area contributed by atoms with Crippen LogP contribution in [-0.4, -0.2) is 6.26 Å². The Morgan fingerprint density at radius 1 is 1.00 bits per heavy atom. The van der Waals surface area contributed by atoms with Gasteiger partial charge in [0.05, 0.1) is 5.56 Å². The van der Waals surface area contributed by atoms with Gasteiger partial charge in [-0.15, -0.1) is 11.8 Å². The van der Waals surface area contributed by atoms with E-state index in [-0.39, 0.29) is 11.4 Å². The van der Waals surface area contributed by atoms with Gasteiger partial charge in [0.2, 0.25) is 0 Å². The van der Waals surface area contributed by atoms with Crippen LogP contribution >= 0.6 is 11.8 Å². The summed E-state index contributed by atoms with van der Waals surface area (Å²) in [5, 5.41) is 0. The lowest BCUT2D eigenvalue weighted by molar-refractivity contribution is -0.137. The summed E-state index contributed by atoms with van der Waals surface area (Å²) in [7, 11) is 0. The molecule has 0 fully saturated rings. The topological polar surface area (TPSA) is 35.2 Å². The Morgan fingerprint density at radius 2 is 1.60 bits per heavy atom. The summed E-state index contributed by atoms with van der Waals surface area (Å²) in [6, 6.07) is 10.6. The van der Waals surface area contributed by atoms with Crippen LogP contribution in [0.2, 0.25) is 0 Å². The van der Waals surface area contributed by atoms with Crippen LogP contribution in [0.4, 0.5) is 18.9 Å². The summed E-state index contributed by atoms with van der Waals surface area (Å²) in [6.07, 6.45) is -2.56. The third-order valence-electron chi connectivity index (χ3n) is 2.63. The molecule has 106 valence electrons. The second-order valence-corrected chi connectivity index (χ2v) is 4.90. The molecule has 0 spiro atoms. The molecule has 0 radical (unpaired) electrons. The van der Waals surface area contributed by atoms with Crippen molar-refractivity contribution < 1.29 is 17.9 Å². The van der Waals surface area contributed by atoms with Crippen LogP contribution in [-0.2, 0) is 6.18 Å². The molecule has 0 aliphatic rings. The quantitative estimate of drug-likeness (QED) is 0.653. The van der Waals surface area contributed by atoms with Crippen LogP contribution in [0.15, 0.2) is 47.4 Å². The average Bonchev–Trinajstić information content (AvgIpc) is 2.40. The molecule has 0 bridgehead atoms. The molecule has 0 aromatic heterocycles. The van der Waals surface area contributed by atoms with Gasteiger partial charge < -0.3 is 10.5 Å². The van der Waals surface area contributed by atoms with Gasteiger partial charge >= 0.3 is 6.18 Å². The highest BCUT2D eigenvalue weighted by Crippen LogP contribution is 2.36. The number of nitrogen functional groups attached to an aromatic ring is 1. The van der Waals surface area contributed by atoms with E-state index >= 15 is 0 Å². The molecule has 0 amide bonds. The normalized spacial score (nSPS) is 11.4. The van der Waals surface area contributed by atoms with E-state index in [1.165, 1.54) is 12.1 Å². The summed E-state index contributed by atoms with van der Waals surface area (Å²) in [4.78, 5) is 1.05. The van der Waals surface area contributed by atoms with E-state index in [2.05, 4.69) is 0 Å². The Kier molecular flexibility index (Phi) is 4.13. The maximum Gasteiger partial charge on any atom is 0.418 e. The van der Waals surface area contributed by atoms with Crippen molar-refractivity contribution in [3.8, 4) is 11.5 Å². The first-order valence-electron chi connectivity index (χ1n) is 5.69. The van der Waals surface area contributed by atoms with Crippen LogP contribution < -0.4 is 10.5 Å². The van der Waals surface area contributed by atoms with Gasteiger partial charge in [-0.2, -0.15) is 13.2 Å². The van der Waals surface area contributed by atoms with Crippen LogP contribution in [0.1, 0.15) is 5.56 Å². The SMILES string of the molecule is CSc1ccc(Oc2ccc(N)c(C(F)(F)F)c2)cc1. The molecule has 0 aliphatic heterocycles. The van der Waals surface area contributed by atoms with Crippen molar-refractivity contribution >= 4 is 17.4 Å². The van der Waals surface area contributed by atoms with Crippen LogP contribution in [0.3, 0.4) is 0 Å². The Labute approximate surface area is 118 Å². The van der Waals surface area contributed by atoms with Crippen LogP contribution in [0, 0.1) is 0 Å². The standard InChI is InChI=1S/C14H12F3NOS/c1-20-11-5-2-9(3-6-11)19-10-4-7-13(18)12(8-10)14(15,16)17/h2-8H,18H2,1H3. The minimum atomic E-state index is -4.49. The van der Waals surface area contributed by atoms with Crippen molar-refractivity contribution in [1.82, 2.24) is 0 Å². The first-order chi connectivity index (χ1) is 9.40. The largest absolute Gasteiger partial charge is 0.457 e. The molecule has 0 aliphatic carbocycles. The minimum Gasteiger partial charge on any atom is -0.457 e. The average molecular weight is 299 g/mol. The van der Waals surface area contributed by atoms with Gasteiger partial charge in [0.15, 0.2) is 0 Å². The molecule has 2 rings (SSSR count). The molecular weight excluding hydrogens is 287 g/mol. The van der Waals surface area contributed by atoms with Crippen molar-refractivity contribution in [2.24, 2.45) is 0 Å². The lowest BCUT2D eigenvalue weighted by Crippen LogP contribution is -2.08. The molecule has 6 heteroatoms. The van der Waals surface area contributed by atoms with Crippen molar-refractivity contribution in [3.05, 3.63) is 48.0 Å². The number of hydrogen-bond acceptors (Lipinski definition) is 3. The van der Waals surface area contributed by atoms with Gasteiger partial charge in [0.1, 0.15) is 11.5 Å². The van der Waals surface area contributed by atoms with Crippen molar-refractivity contribution in [2.75, 3.05) is 12.0 Å². The van der Waals surface area contributed by atoms with Gasteiger partial charge in [-0.1, -0.05) is 0 Å². The zero-order valence-electron chi connectivity index (χ0n) is 10.6. The smallest absolute Gasteiger partial charge is 0.418 e. The Balaban J connectivity index is 2.25. The zero-order chi connectivity index (χ0) is 14.8. The third-order valence-corrected chi connectivity index (χ3v) is 3.37. The predicted octanol–water partition coefficient (Wildman–Crippen LogP) is 4.80. The highest BCUT2D eigenvalue weighted by Gasteiger charge is 2.33. The number of ether oxygens (including phenoxy) is 1. The third kappa shape index (κ3) is 3.39. The van der Waals surface area contributed by atoms with Gasteiger partial charge in [0, 0.05) is 10.6 Å². The fourth-order valence-electron chi connectivity index (χ4n) is 1.62. The zero-order valence-corrected chi connectivity index (χ0v) is 11.4. The minimum absolute atomic E-state index is 0.100. The van der Waals surface area contributed by atoms with Crippen LogP contribution in [0.25, 0.3) is 0 Å². The van der Waals surface area contributed by atoms with E-state index < -0.39 is 11.7 Å². The highest BCUT2D eigenvalue weighted by atomic mass is 32.2. The number of alkyl halides is 3. The molecular formula is C14H12F3NOS. The van der Waals surface area contributed by atoms with Gasteiger partial charge in [-0.05, 0) is 48.7 Å². The molecule has 2 aromatic carbocycles. The number of halogens is 3. The number of thioether (sulfide) groups is 1. The summed E-state index contributed by atoms with van der Waals surface area (Å²) in [5.74, 6) is 0.573. The number of hydrogen-bond donors (Lipinski definition) is 1. The molecule has 0 unspecified atom stereocenters. The first-order valence-corrected chi connectivity index (χ1v) is 6.91. The van der Waals surface area contributed by atoms with E-state index in [9.17, 15) is 13.2 Å². The van der Waals surface area contributed by atoms with E-state index in [1.807, 2.05) is 18.4 Å². The molecule has 0 saturated heterocycles. The number of anilines is 1. The van der Waals surface area contributed by atoms with E-state index in [1.54, 1.807) is 23.9 Å². The van der Waals surface area contributed by atoms with Gasteiger partial charge in [0.25, 0.3) is 0 Å². The monoisotopic (exact) mass is 299 g/mol. The van der Waals surface area contributed by atoms with E-state index in [0.29, 0.717) is 5.75 Å². The molecule has 20 heavy (non-hydrogen) atoms. The summed E-state index contributed by atoms with van der Waals surface area (Å²) < 4.78 is 43.6. The maximum absolute atomic E-state index is 12.7. The second kappa shape index (κ2) is 5.66. The number of benzene rings is 2. The summed E-state index contributed by atoms with van der Waals surface area (Å²) in [5.41, 5.74) is 4.12. The Morgan fingerprint density at radius 3 is 2.15 bits per heavy atom. The summed E-state index contributed by atoms with van der Waals surface area (Å²) >= 11 is 1.57. The Bertz CT molecular complexity index is 596. The van der Waals surface area contributed by atoms with Crippen molar-refractivity contribution in [1.29, 1.82) is 0 Å². The predicted molar refractivity (Wildman–Crippen MR) is 74.2 cm³/mol. The maximum atomic E-state index is 12.7. The number of rotatable bonds is 3. The van der Waals surface area contributed by atoms with E-state index in [0.717, 1.165) is 11.0 Å². The molecule has 0 atom stereocenters. The highest BCUT2D eigenvalue weighted by molar-refractivity contribution is 7.98. The Hall–Kier alpha value is -1.82. The molecule has 0 heterocycles. The number of nitrogens with two attached hydrogens (primary N) is 1. The first kappa shape index (κ1) is 14.6. The molecule has 2 N–H and O–H groups in total. The van der Waals surface area contributed by atoms with Gasteiger partial charge in [-0.3, -0.25) is 0 Å². The molecule has 2 nitrogen and oxygen atoms in total. The van der Waals surface area contributed by atoms with Crippen LogP contribution in [0.5, 0.6) is 11.5 Å². The van der Waals surface area contributed by atoms with Gasteiger partial charge in [-0.25, -0.2) is 0 Å². The fourth-order valence-corrected chi connectivity index (χ4v) is 2.03. The second-order valence-electron chi connectivity index (χ2n) is 4.02. The molecule has 2 aromatic rings. The fraction of sp³-hybridized carbons (Fsp3) is 0.143. The lowest BCUT2D eigenvalue weighted by atomic mass is 10.1. The lowest BCUT2D eigenvalue weighted by Gasteiger charge is -2.12. The summed E-state index contributed by atoms with van der Waals surface area (Å²) in [6.45, 7) is 0. The van der Waals surface area contributed by atoms with Crippen molar-refractivity contribution in [3.63, 3.8) is 0 Å². The van der Waals surface area contributed by atoms with E-state index in [4.69, 9.17) is 10.5 Å². The molecule has 0 saturated carbocycles.